The number of aromatic nitrogens is 2. The molecule has 0 bridgehead atoms. The van der Waals surface area contributed by atoms with Crippen LogP contribution in [0.25, 0.3) is 11.0 Å². The van der Waals surface area contributed by atoms with Crippen LogP contribution in [0.1, 0.15) is 60.3 Å². The van der Waals surface area contributed by atoms with E-state index >= 15 is 0 Å². The quantitative estimate of drug-likeness (QED) is 0.356. The molecule has 0 saturated heterocycles. The predicted molar refractivity (Wildman–Crippen MR) is 118 cm³/mol. The van der Waals surface area contributed by atoms with Gasteiger partial charge in [-0.05, 0) is 64.1 Å². The van der Waals surface area contributed by atoms with Crippen molar-refractivity contribution in [2.75, 3.05) is 11.9 Å². The van der Waals surface area contributed by atoms with Crippen LogP contribution in [0.4, 0.5) is 5.69 Å². The number of aryl methyl sites for hydroxylation is 1. The molecule has 1 amide bonds. The number of Topliss-reactive ketones (excluding diaryl/α,β-unsaturated/α-hetero) is 1. The molecule has 0 radical (unpaired) electrons. The van der Waals surface area contributed by atoms with E-state index in [4.69, 9.17) is 4.74 Å². The lowest BCUT2D eigenvalue weighted by molar-refractivity contribution is -0.675. The molecular weight excluding hydrogens is 394 g/mol. The normalized spacial score (nSPS) is 11.9. The molecule has 0 aliphatic heterocycles. The maximum Gasteiger partial charge on any atom is 0.338 e. The Balaban J connectivity index is 1.98. The van der Waals surface area contributed by atoms with Crippen LogP contribution in [-0.4, -0.2) is 28.8 Å². The van der Waals surface area contributed by atoms with Crippen LogP contribution in [0, 0.1) is 6.92 Å². The van der Waals surface area contributed by atoms with Gasteiger partial charge in [-0.1, -0.05) is 0 Å². The largest absolute Gasteiger partial charge is 0.462 e. The standard InChI is InChI=1S/C24H27N3O4/c1-6-26-17(5)27(22-14-19(10-13-21(22)26)24(30)31-7-2)15(3)23(29)25-20-11-8-18(9-12-20)16(4)28/h8-15H,6-7H2,1-5H3/p+1/t15-/m0/s1. The number of imidazole rings is 1. The molecule has 1 aromatic heterocycles. The zero-order chi connectivity index (χ0) is 22.7. The predicted octanol–water partition coefficient (Wildman–Crippen LogP) is 3.84. The Kier molecular flexibility index (Phi) is 6.53. The average molecular weight is 423 g/mol. The third kappa shape index (κ3) is 4.35. The SMILES string of the molecule is CCOC(=O)c1ccc2c(c1)n([C@@H](C)C(=O)Nc1ccc(C(C)=O)cc1)c(C)[n+]2CC. The second kappa shape index (κ2) is 9.12. The molecule has 162 valence electrons. The number of ether oxygens (including phenoxy) is 1. The Bertz CT molecular complexity index is 1150. The Morgan fingerprint density at radius 2 is 1.71 bits per heavy atom. The van der Waals surface area contributed by atoms with Crippen molar-refractivity contribution >= 4 is 34.4 Å². The molecule has 31 heavy (non-hydrogen) atoms. The van der Waals surface area contributed by atoms with E-state index in [-0.39, 0.29) is 17.7 Å². The number of esters is 1. The second-order valence-electron chi connectivity index (χ2n) is 7.38. The lowest BCUT2D eigenvalue weighted by Gasteiger charge is -2.12. The summed E-state index contributed by atoms with van der Waals surface area (Å²) in [7, 11) is 0. The zero-order valence-corrected chi connectivity index (χ0v) is 18.6. The van der Waals surface area contributed by atoms with Crippen molar-refractivity contribution in [3.05, 3.63) is 59.4 Å². The maximum atomic E-state index is 13.0. The van der Waals surface area contributed by atoms with Gasteiger partial charge >= 0.3 is 5.97 Å². The van der Waals surface area contributed by atoms with E-state index in [1.807, 2.05) is 31.4 Å². The first-order chi connectivity index (χ1) is 14.8. The fourth-order valence-corrected chi connectivity index (χ4v) is 3.80. The maximum absolute atomic E-state index is 13.0. The van der Waals surface area contributed by atoms with Gasteiger partial charge in [-0.3, -0.25) is 9.59 Å². The first-order valence-corrected chi connectivity index (χ1v) is 10.4. The molecule has 0 fully saturated rings. The van der Waals surface area contributed by atoms with Crippen LogP contribution in [0.3, 0.4) is 0 Å². The number of carbonyl (C=O) groups is 3. The molecule has 3 rings (SSSR count). The second-order valence-corrected chi connectivity index (χ2v) is 7.38. The summed E-state index contributed by atoms with van der Waals surface area (Å²) in [5.41, 5.74) is 3.39. The highest BCUT2D eigenvalue weighted by Crippen LogP contribution is 2.23. The number of hydrogen-bond acceptors (Lipinski definition) is 4. The van der Waals surface area contributed by atoms with Crippen molar-refractivity contribution in [3.8, 4) is 0 Å². The van der Waals surface area contributed by atoms with Gasteiger partial charge < -0.3 is 10.1 Å². The lowest BCUT2D eigenvalue weighted by Crippen LogP contribution is -2.36. The van der Waals surface area contributed by atoms with Gasteiger partial charge in [0.2, 0.25) is 0 Å². The highest BCUT2D eigenvalue weighted by atomic mass is 16.5. The summed E-state index contributed by atoms with van der Waals surface area (Å²) in [6.45, 7) is 10.1. The Morgan fingerprint density at radius 1 is 1.06 bits per heavy atom. The van der Waals surface area contributed by atoms with Gasteiger partial charge in [0.05, 0.1) is 18.7 Å². The molecule has 1 N–H and O–H groups in total. The zero-order valence-electron chi connectivity index (χ0n) is 18.6. The van der Waals surface area contributed by atoms with E-state index in [0.29, 0.717) is 23.4 Å². The minimum Gasteiger partial charge on any atom is -0.462 e. The van der Waals surface area contributed by atoms with E-state index in [1.165, 1.54) is 6.92 Å². The van der Waals surface area contributed by atoms with Crippen LogP contribution < -0.4 is 9.88 Å². The van der Waals surface area contributed by atoms with Gasteiger partial charge in [0.25, 0.3) is 11.7 Å². The van der Waals surface area contributed by atoms with Crippen LogP contribution in [-0.2, 0) is 16.1 Å². The summed E-state index contributed by atoms with van der Waals surface area (Å²) in [6.07, 6.45) is 0. The molecule has 7 heteroatoms. The molecule has 1 atom stereocenters. The number of fused-ring (bicyclic) bond motifs is 1. The summed E-state index contributed by atoms with van der Waals surface area (Å²) in [6, 6.07) is 11.7. The third-order valence-corrected chi connectivity index (χ3v) is 5.42. The number of ketones is 1. The van der Waals surface area contributed by atoms with Crippen LogP contribution in [0.2, 0.25) is 0 Å². The molecule has 1 heterocycles. The van der Waals surface area contributed by atoms with E-state index in [1.54, 1.807) is 43.3 Å². The Hall–Kier alpha value is -3.48. The molecule has 0 spiro atoms. The number of nitrogens with zero attached hydrogens (tertiary/aromatic N) is 2. The van der Waals surface area contributed by atoms with Crippen LogP contribution in [0.15, 0.2) is 42.5 Å². The van der Waals surface area contributed by atoms with E-state index in [2.05, 4.69) is 9.88 Å². The summed E-state index contributed by atoms with van der Waals surface area (Å²) in [5, 5.41) is 2.91. The van der Waals surface area contributed by atoms with Crippen molar-refractivity contribution in [2.45, 2.75) is 47.2 Å². The molecule has 0 aliphatic carbocycles. The minimum absolute atomic E-state index is 0.0257. The van der Waals surface area contributed by atoms with E-state index in [9.17, 15) is 14.4 Å². The minimum atomic E-state index is -0.528. The highest BCUT2D eigenvalue weighted by Gasteiger charge is 2.30. The van der Waals surface area contributed by atoms with Gasteiger partial charge in [-0.2, -0.15) is 0 Å². The Morgan fingerprint density at radius 3 is 2.29 bits per heavy atom. The highest BCUT2D eigenvalue weighted by molar-refractivity contribution is 5.97. The van der Waals surface area contributed by atoms with Crippen LogP contribution >= 0.6 is 0 Å². The molecule has 0 unspecified atom stereocenters. The van der Waals surface area contributed by atoms with Crippen LogP contribution in [0.5, 0.6) is 0 Å². The molecular formula is C24H28N3O4+. The number of carbonyl (C=O) groups excluding carboxylic acids is 3. The fraction of sp³-hybridized carbons (Fsp3) is 0.333. The van der Waals surface area contributed by atoms with Gasteiger partial charge in [0.15, 0.2) is 22.9 Å². The molecule has 3 aromatic rings. The molecule has 2 aromatic carbocycles. The van der Waals surface area contributed by atoms with Crippen molar-refractivity contribution in [3.63, 3.8) is 0 Å². The van der Waals surface area contributed by atoms with E-state index < -0.39 is 6.04 Å². The van der Waals surface area contributed by atoms with Crippen molar-refractivity contribution in [1.29, 1.82) is 0 Å². The number of rotatable bonds is 7. The van der Waals surface area contributed by atoms with Crippen molar-refractivity contribution in [1.82, 2.24) is 4.57 Å². The molecule has 7 nitrogen and oxygen atoms in total. The Labute approximate surface area is 181 Å². The summed E-state index contributed by atoms with van der Waals surface area (Å²) in [5.74, 6) is 0.302. The lowest BCUT2D eigenvalue weighted by atomic mass is 10.1. The molecule has 0 saturated carbocycles. The van der Waals surface area contributed by atoms with Crippen molar-refractivity contribution < 1.29 is 23.7 Å². The van der Waals surface area contributed by atoms with Gasteiger partial charge in [-0.25, -0.2) is 13.9 Å². The van der Waals surface area contributed by atoms with Gasteiger partial charge in [0.1, 0.15) is 0 Å². The summed E-state index contributed by atoms with van der Waals surface area (Å²) < 4.78 is 9.17. The number of nitrogens with one attached hydrogen (secondary N) is 1. The number of amides is 1. The smallest absolute Gasteiger partial charge is 0.338 e. The first-order valence-electron chi connectivity index (χ1n) is 10.4. The van der Waals surface area contributed by atoms with Gasteiger partial charge in [0, 0.05) is 24.2 Å². The summed E-state index contributed by atoms with van der Waals surface area (Å²) >= 11 is 0. The molecule has 0 aliphatic rings. The van der Waals surface area contributed by atoms with E-state index in [0.717, 1.165) is 23.4 Å². The third-order valence-electron chi connectivity index (χ3n) is 5.42. The number of hydrogen-bond donors (Lipinski definition) is 1. The van der Waals surface area contributed by atoms with Gasteiger partial charge in [-0.15, -0.1) is 0 Å². The number of anilines is 1. The summed E-state index contributed by atoms with van der Waals surface area (Å²) in [4.78, 5) is 36.7. The topological polar surface area (TPSA) is 81.3 Å². The first kappa shape index (κ1) is 22.2. The fourth-order valence-electron chi connectivity index (χ4n) is 3.80. The monoisotopic (exact) mass is 422 g/mol. The average Bonchev–Trinajstić information content (AvgIpc) is 3.03. The van der Waals surface area contributed by atoms with Crippen molar-refractivity contribution in [2.24, 2.45) is 0 Å². The number of benzene rings is 2.